The Labute approximate surface area is 231 Å². The number of rotatable bonds is 9. The molecule has 1 aromatic carbocycles. The molecule has 1 amide bonds. The van der Waals surface area contributed by atoms with Gasteiger partial charge in [-0.3, -0.25) is 19.5 Å². The van der Waals surface area contributed by atoms with Crippen LogP contribution in [-0.2, 0) is 21.6 Å². The van der Waals surface area contributed by atoms with E-state index in [0.717, 1.165) is 50.3 Å². The molecule has 4 fully saturated rings. The fourth-order valence-electron chi connectivity index (χ4n) is 7.11. The van der Waals surface area contributed by atoms with E-state index in [0.29, 0.717) is 19.1 Å². The number of epoxide rings is 1. The van der Waals surface area contributed by atoms with Gasteiger partial charge in [0.25, 0.3) is 0 Å². The van der Waals surface area contributed by atoms with E-state index in [4.69, 9.17) is 9.47 Å². The van der Waals surface area contributed by atoms with Crippen LogP contribution >= 0.6 is 0 Å². The zero-order valence-corrected chi connectivity index (χ0v) is 23.5. The third-order valence-electron chi connectivity index (χ3n) is 9.78. The van der Waals surface area contributed by atoms with E-state index in [2.05, 4.69) is 74.4 Å². The summed E-state index contributed by atoms with van der Waals surface area (Å²) in [7, 11) is 5.99. The molecule has 4 aliphatic rings. The topological polar surface area (TPSA) is 86.4 Å². The van der Waals surface area contributed by atoms with Crippen molar-refractivity contribution in [3.8, 4) is 6.01 Å². The summed E-state index contributed by atoms with van der Waals surface area (Å²) in [4.78, 5) is 28.7. The Morgan fingerprint density at radius 1 is 1.10 bits per heavy atom. The third kappa shape index (κ3) is 5.17. The highest BCUT2D eigenvalue weighted by atomic mass is 16.6. The van der Waals surface area contributed by atoms with Crippen LogP contribution in [0.4, 0.5) is 0 Å². The smallest absolute Gasteiger partial charge is 0.316 e. The summed E-state index contributed by atoms with van der Waals surface area (Å²) in [5, 5.41) is 3.05. The van der Waals surface area contributed by atoms with Gasteiger partial charge in [0.15, 0.2) is 12.5 Å². The lowest BCUT2D eigenvalue weighted by atomic mass is 9.67. The Hall–Kier alpha value is -2.59. The number of methoxy groups -OCH3 is 1. The van der Waals surface area contributed by atoms with Crippen molar-refractivity contribution >= 4 is 5.91 Å². The number of aromatic nitrogens is 2. The first-order valence-corrected chi connectivity index (χ1v) is 14.4. The maximum absolute atomic E-state index is 13.0. The summed E-state index contributed by atoms with van der Waals surface area (Å²) in [6.45, 7) is 2.74. The Morgan fingerprint density at radius 2 is 1.82 bits per heavy atom. The number of piperazine rings is 1. The van der Waals surface area contributed by atoms with Gasteiger partial charge in [-0.15, -0.1) is 0 Å². The van der Waals surface area contributed by atoms with Gasteiger partial charge in [-0.05, 0) is 64.1 Å². The molecule has 1 spiro atoms. The van der Waals surface area contributed by atoms with Gasteiger partial charge in [-0.2, -0.15) is 0 Å². The molecule has 2 aliphatic heterocycles. The lowest BCUT2D eigenvalue weighted by molar-refractivity contribution is -0.125. The van der Waals surface area contributed by atoms with Gasteiger partial charge in [0.1, 0.15) is 0 Å². The van der Waals surface area contributed by atoms with Gasteiger partial charge in [-0.25, -0.2) is 9.97 Å². The summed E-state index contributed by atoms with van der Waals surface area (Å²) in [5.74, 6) is 0.785. The fraction of sp³-hybridized carbons (Fsp3) is 0.633. The van der Waals surface area contributed by atoms with Gasteiger partial charge in [0.05, 0.1) is 13.7 Å². The third-order valence-corrected chi connectivity index (χ3v) is 9.78. The van der Waals surface area contributed by atoms with Crippen LogP contribution in [0.15, 0.2) is 42.7 Å². The monoisotopic (exact) mass is 534 g/mol. The number of nitrogens with one attached hydrogen (secondary N) is 1. The molecule has 210 valence electrons. The highest BCUT2D eigenvalue weighted by molar-refractivity contribution is 5.78. The minimum Gasteiger partial charge on any atom is -0.467 e. The number of carbonyl (C=O) groups excluding carboxylic acids is 1. The predicted molar refractivity (Wildman–Crippen MR) is 148 cm³/mol. The van der Waals surface area contributed by atoms with Crippen molar-refractivity contribution in [1.29, 1.82) is 0 Å². The second-order valence-electron chi connectivity index (χ2n) is 12.1. The van der Waals surface area contributed by atoms with Crippen molar-refractivity contribution in [2.24, 2.45) is 5.92 Å². The average Bonchev–Trinajstić information content (AvgIpc) is 3.73. The molecular formula is C30H42N6O3. The second kappa shape index (κ2) is 10.8. The molecule has 2 saturated carbocycles. The quantitative estimate of drug-likeness (QED) is 0.492. The molecule has 2 aromatic rings. The molecule has 1 aromatic heterocycles. The van der Waals surface area contributed by atoms with Crippen LogP contribution in [0.1, 0.15) is 56.1 Å². The number of hydrogen-bond donors (Lipinski definition) is 1. The highest BCUT2D eigenvalue weighted by Gasteiger charge is 2.62. The fourth-order valence-corrected chi connectivity index (χ4v) is 7.11. The standard InChI is InChI=1S/C30H42N6O3/c1-34(2)30(24-10-5-4-6-11-24)14-12-29(13-15-30)21-35(26-27(39-26)36(29)19-22-8-7-9-22)20-25(37)31-16-23-17-32-28(38-3)33-18-23/h4-6,10-11,17-18,22,26-27H,7-9,12-16,19-21H2,1-3H3,(H,31,37)/t26?,27?,29-,30+. The van der Waals surface area contributed by atoms with Gasteiger partial charge >= 0.3 is 6.01 Å². The van der Waals surface area contributed by atoms with Crippen molar-refractivity contribution < 1.29 is 14.3 Å². The molecule has 0 bridgehead atoms. The summed E-state index contributed by atoms with van der Waals surface area (Å²) >= 11 is 0. The summed E-state index contributed by atoms with van der Waals surface area (Å²) in [5.41, 5.74) is 2.33. The number of nitrogens with zero attached hydrogens (tertiary/aromatic N) is 5. The van der Waals surface area contributed by atoms with E-state index in [9.17, 15) is 4.79 Å². The van der Waals surface area contributed by atoms with E-state index in [1.165, 1.54) is 31.9 Å². The second-order valence-corrected chi connectivity index (χ2v) is 12.1. The SMILES string of the molecule is COc1ncc(CNC(=O)CN2C[C@]3(CC[C@](c4ccccc4)(N(C)C)CC3)N(CC3CCC3)C3OC32)cn1. The molecule has 0 radical (unpaired) electrons. The molecule has 39 heavy (non-hydrogen) atoms. The Bertz CT molecular complexity index is 1130. The number of benzene rings is 1. The summed E-state index contributed by atoms with van der Waals surface area (Å²) in [6.07, 6.45) is 11.9. The molecular weight excluding hydrogens is 492 g/mol. The van der Waals surface area contributed by atoms with Crippen molar-refractivity contribution in [2.75, 3.05) is 40.8 Å². The minimum absolute atomic E-state index is 0.00499. The highest BCUT2D eigenvalue weighted by Crippen LogP contribution is 2.52. The van der Waals surface area contributed by atoms with Crippen LogP contribution < -0.4 is 10.1 Å². The number of amides is 1. The molecule has 2 unspecified atom stereocenters. The number of ether oxygens (including phenoxy) is 2. The van der Waals surface area contributed by atoms with Crippen molar-refractivity contribution in [3.63, 3.8) is 0 Å². The molecule has 2 aliphatic carbocycles. The molecule has 3 heterocycles. The van der Waals surface area contributed by atoms with Crippen LogP contribution in [-0.4, -0.2) is 89.4 Å². The molecule has 1 N–H and O–H groups in total. The Morgan fingerprint density at radius 3 is 2.44 bits per heavy atom. The number of fused-ring (bicyclic) bond motifs is 1. The van der Waals surface area contributed by atoms with Crippen LogP contribution in [0, 0.1) is 5.92 Å². The molecule has 2 saturated heterocycles. The van der Waals surface area contributed by atoms with E-state index in [-0.39, 0.29) is 29.4 Å². The van der Waals surface area contributed by atoms with Crippen molar-refractivity contribution in [3.05, 3.63) is 53.9 Å². The van der Waals surface area contributed by atoms with Gasteiger partial charge in [0.2, 0.25) is 5.91 Å². The number of hydrogen-bond acceptors (Lipinski definition) is 8. The predicted octanol–water partition coefficient (Wildman–Crippen LogP) is 2.97. The van der Waals surface area contributed by atoms with Gasteiger partial charge < -0.3 is 14.8 Å². The van der Waals surface area contributed by atoms with Crippen LogP contribution in [0.3, 0.4) is 0 Å². The van der Waals surface area contributed by atoms with Crippen LogP contribution in [0.5, 0.6) is 6.01 Å². The van der Waals surface area contributed by atoms with Gasteiger partial charge in [-0.1, -0.05) is 36.8 Å². The van der Waals surface area contributed by atoms with Crippen molar-refractivity contribution in [1.82, 2.24) is 30.0 Å². The maximum atomic E-state index is 13.0. The van der Waals surface area contributed by atoms with Crippen LogP contribution in [0.2, 0.25) is 0 Å². The largest absolute Gasteiger partial charge is 0.467 e. The van der Waals surface area contributed by atoms with E-state index < -0.39 is 0 Å². The molecule has 6 rings (SSSR count). The Balaban J connectivity index is 1.16. The lowest BCUT2D eigenvalue weighted by Crippen LogP contribution is -2.66. The first-order chi connectivity index (χ1) is 18.9. The zero-order chi connectivity index (χ0) is 27.0. The van der Waals surface area contributed by atoms with E-state index >= 15 is 0 Å². The molecule has 9 nitrogen and oxygen atoms in total. The summed E-state index contributed by atoms with van der Waals surface area (Å²) < 4.78 is 11.3. The Kier molecular flexibility index (Phi) is 7.35. The molecule has 9 heteroatoms. The summed E-state index contributed by atoms with van der Waals surface area (Å²) in [6, 6.07) is 11.3. The van der Waals surface area contributed by atoms with Crippen LogP contribution in [0.25, 0.3) is 0 Å². The minimum atomic E-state index is 0.00499. The maximum Gasteiger partial charge on any atom is 0.316 e. The van der Waals surface area contributed by atoms with E-state index in [1.807, 2.05) is 0 Å². The first kappa shape index (κ1) is 26.6. The molecule has 2 atom stereocenters. The normalized spacial score (nSPS) is 31.1. The number of carbonyl (C=O) groups is 1. The average molecular weight is 535 g/mol. The van der Waals surface area contributed by atoms with E-state index in [1.54, 1.807) is 12.4 Å². The zero-order valence-electron chi connectivity index (χ0n) is 23.5. The van der Waals surface area contributed by atoms with Gasteiger partial charge in [0, 0.05) is 48.7 Å². The first-order valence-electron chi connectivity index (χ1n) is 14.4. The lowest BCUT2D eigenvalue weighted by Gasteiger charge is -2.57. The van der Waals surface area contributed by atoms with Crippen molar-refractivity contribution in [2.45, 2.75) is 75.0 Å².